The highest BCUT2D eigenvalue weighted by molar-refractivity contribution is 8.13. The van der Waals surface area contributed by atoms with Gasteiger partial charge in [0.1, 0.15) is 0 Å². The number of nitrogens with zero attached hydrogens (tertiary/aromatic N) is 2. The van der Waals surface area contributed by atoms with Gasteiger partial charge in [0.25, 0.3) is 0 Å². The van der Waals surface area contributed by atoms with Crippen molar-refractivity contribution in [1.29, 1.82) is 5.26 Å². The van der Waals surface area contributed by atoms with Crippen LogP contribution in [0.2, 0.25) is 0 Å². The van der Waals surface area contributed by atoms with E-state index in [-0.39, 0.29) is 16.9 Å². The molecule has 0 saturated carbocycles. The Kier molecular flexibility index (Phi) is 4.86. The predicted octanol–water partition coefficient (Wildman–Crippen LogP) is 2.23. The highest BCUT2D eigenvalue weighted by Gasteiger charge is 2.32. The second-order valence-corrected chi connectivity index (χ2v) is 6.17. The molecule has 2 rings (SSSR count). The largest absolute Gasteiger partial charge is 0.386 e. The third-order valence-electron chi connectivity index (χ3n) is 3.41. The van der Waals surface area contributed by atoms with Crippen LogP contribution in [-0.4, -0.2) is 30.4 Å². The zero-order chi connectivity index (χ0) is 15.4. The van der Waals surface area contributed by atoms with Crippen molar-refractivity contribution in [2.24, 2.45) is 5.92 Å². The van der Waals surface area contributed by atoms with Gasteiger partial charge >= 0.3 is 0 Å². The third-order valence-corrected chi connectivity index (χ3v) is 4.46. The molecule has 1 aromatic carbocycles. The van der Waals surface area contributed by atoms with Crippen molar-refractivity contribution in [1.82, 2.24) is 0 Å². The van der Waals surface area contributed by atoms with Gasteiger partial charge in [0.2, 0.25) is 5.91 Å². The molecule has 0 bridgehead atoms. The van der Waals surface area contributed by atoms with Crippen molar-refractivity contribution in [3.05, 3.63) is 23.8 Å². The standard InChI is InChI=1S/C15H17N3O2S/c1-10(19)21-9-12-6-15(20)18(8-12)14-5-11(7-16)3-4-13(14)17-2/h3-5,12,17H,6,8-9H2,1-2H3. The predicted molar refractivity (Wildman–Crippen MR) is 84.3 cm³/mol. The maximum atomic E-state index is 12.2. The molecule has 1 amide bonds. The van der Waals surface area contributed by atoms with Crippen molar-refractivity contribution < 1.29 is 9.59 Å². The Hall–Kier alpha value is -2.00. The summed E-state index contributed by atoms with van der Waals surface area (Å²) in [5, 5.41) is 12.1. The fraction of sp³-hybridized carbons (Fsp3) is 0.400. The molecule has 0 radical (unpaired) electrons. The number of carbonyl (C=O) groups excluding carboxylic acids is 2. The minimum Gasteiger partial charge on any atom is -0.386 e. The first-order chi connectivity index (χ1) is 10.0. The number of nitriles is 1. The maximum Gasteiger partial charge on any atom is 0.227 e. The van der Waals surface area contributed by atoms with Crippen LogP contribution in [-0.2, 0) is 9.59 Å². The summed E-state index contributed by atoms with van der Waals surface area (Å²) >= 11 is 1.26. The molecule has 21 heavy (non-hydrogen) atoms. The molecule has 1 saturated heterocycles. The van der Waals surface area contributed by atoms with E-state index in [2.05, 4.69) is 11.4 Å². The number of nitrogens with one attached hydrogen (secondary N) is 1. The van der Waals surface area contributed by atoms with Crippen LogP contribution in [0, 0.1) is 17.2 Å². The minimum absolute atomic E-state index is 0.0377. The topological polar surface area (TPSA) is 73.2 Å². The summed E-state index contributed by atoms with van der Waals surface area (Å²) in [6.45, 7) is 2.12. The Labute approximate surface area is 128 Å². The molecule has 1 atom stereocenters. The summed E-state index contributed by atoms with van der Waals surface area (Å²) in [4.78, 5) is 25.0. The van der Waals surface area contributed by atoms with Gasteiger partial charge < -0.3 is 10.2 Å². The van der Waals surface area contributed by atoms with Crippen molar-refractivity contribution in [3.63, 3.8) is 0 Å². The van der Waals surface area contributed by atoms with Gasteiger partial charge in [0, 0.05) is 32.7 Å². The number of hydrogen-bond acceptors (Lipinski definition) is 5. The van der Waals surface area contributed by atoms with E-state index in [0.29, 0.717) is 24.3 Å². The van der Waals surface area contributed by atoms with E-state index in [4.69, 9.17) is 5.26 Å². The van der Waals surface area contributed by atoms with Crippen LogP contribution in [0.1, 0.15) is 18.9 Å². The second-order valence-electron chi connectivity index (χ2n) is 4.97. The molecule has 1 aliphatic heterocycles. The first-order valence-electron chi connectivity index (χ1n) is 6.70. The highest BCUT2D eigenvalue weighted by Crippen LogP contribution is 2.33. The lowest BCUT2D eigenvalue weighted by Crippen LogP contribution is -2.25. The second kappa shape index (κ2) is 6.64. The van der Waals surface area contributed by atoms with Crippen LogP contribution >= 0.6 is 11.8 Å². The van der Waals surface area contributed by atoms with Crippen LogP contribution in [0.3, 0.4) is 0 Å². The van der Waals surface area contributed by atoms with Crippen LogP contribution < -0.4 is 10.2 Å². The number of anilines is 2. The third kappa shape index (κ3) is 3.56. The summed E-state index contributed by atoms with van der Waals surface area (Å²) in [5.41, 5.74) is 2.08. The van der Waals surface area contributed by atoms with E-state index >= 15 is 0 Å². The van der Waals surface area contributed by atoms with Crippen LogP contribution in [0.25, 0.3) is 0 Å². The first-order valence-corrected chi connectivity index (χ1v) is 7.69. The Morgan fingerprint density at radius 1 is 1.57 bits per heavy atom. The fourth-order valence-corrected chi connectivity index (χ4v) is 3.09. The van der Waals surface area contributed by atoms with E-state index in [0.717, 1.165) is 11.4 Å². The van der Waals surface area contributed by atoms with Crippen LogP contribution in [0.4, 0.5) is 11.4 Å². The monoisotopic (exact) mass is 303 g/mol. The van der Waals surface area contributed by atoms with E-state index < -0.39 is 0 Å². The number of hydrogen-bond donors (Lipinski definition) is 1. The SMILES string of the molecule is CNc1ccc(C#N)cc1N1CC(CSC(C)=O)CC1=O. The number of carbonyl (C=O) groups is 2. The van der Waals surface area contributed by atoms with Gasteiger partial charge in [-0.2, -0.15) is 5.26 Å². The Morgan fingerprint density at radius 2 is 2.33 bits per heavy atom. The number of benzene rings is 1. The first kappa shape index (κ1) is 15.4. The summed E-state index contributed by atoms with van der Waals surface area (Å²) in [6, 6.07) is 7.35. The molecule has 1 unspecified atom stereocenters. The van der Waals surface area contributed by atoms with Gasteiger partial charge in [-0.3, -0.25) is 9.59 Å². The Balaban J connectivity index is 2.20. The van der Waals surface area contributed by atoms with Crippen LogP contribution in [0.15, 0.2) is 18.2 Å². The zero-order valence-electron chi connectivity index (χ0n) is 12.0. The Morgan fingerprint density at radius 3 is 2.95 bits per heavy atom. The molecule has 6 heteroatoms. The molecule has 1 aromatic rings. The highest BCUT2D eigenvalue weighted by atomic mass is 32.2. The van der Waals surface area contributed by atoms with Gasteiger partial charge in [0.05, 0.1) is 23.0 Å². The van der Waals surface area contributed by atoms with Crippen molar-refractivity contribution in [2.75, 3.05) is 29.6 Å². The molecule has 0 spiro atoms. The summed E-state index contributed by atoms with van der Waals surface area (Å²) in [7, 11) is 1.79. The van der Waals surface area contributed by atoms with Crippen molar-refractivity contribution in [2.45, 2.75) is 13.3 Å². The normalized spacial score (nSPS) is 17.7. The molecule has 5 nitrogen and oxygen atoms in total. The zero-order valence-corrected chi connectivity index (χ0v) is 12.9. The van der Waals surface area contributed by atoms with E-state index in [1.807, 2.05) is 0 Å². The number of amides is 1. The molecule has 1 fully saturated rings. The van der Waals surface area contributed by atoms with Crippen LogP contribution in [0.5, 0.6) is 0 Å². The quantitative estimate of drug-likeness (QED) is 0.923. The molecule has 0 aliphatic carbocycles. The Bertz CT molecular complexity index is 609. The lowest BCUT2D eigenvalue weighted by Gasteiger charge is -2.20. The average molecular weight is 303 g/mol. The number of thioether (sulfide) groups is 1. The average Bonchev–Trinajstić information content (AvgIpc) is 2.85. The molecule has 110 valence electrons. The molecule has 1 N–H and O–H groups in total. The molecule has 0 aromatic heterocycles. The lowest BCUT2D eigenvalue weighted by molar-refractivity contribution is -0.117. The van der Waals surface area contributed by atoms with Gasteiger partial charge in [-0.25, -0.2) is 0 Å². The minimum atomic E-state index is 0.0377. The lowest BCUT2D eigenvalue weighted by atomic mass is 10.1. The molecular weight excluding hydrogens is 286 g/mol. The maximum absolute atomic E-state index is 12.2. The fourth-order valence-electron chi connectivity index (χ4n) is 2.40. The van der Waals surface area contributed by atoms with Gasteiger partial charge in [-0.05, 0) is 24.1 Å². The summed E-state index contributed by atoms with van der Waals surface area (Å²) in [5.74, 6) is 0.863. The summed E-state index contributed by atoms with van der Waals surface area (Å²) < 4.78 is 0. The smallest absolute Gasteiger partial charge is 0.227 e. The van der Waals surface area contributed by atoms with Gasteiger partial charge in [0.15, 0.2) is 5.12 Å². The molecular formula is C15H17N3O2S. The molecule has 1 aliphatic rings. The molecule has 1 heterocycles. The van der Waals surface area contributed by atoms with Crippen molar-refractivity contribution in [3.8, 4) is 6.07 Å². The summed E-state index contributed by atoms with van der Waals surface area (Å²) in [6.07, 6.45) is 0.445. The van der Waals surface area contributed by atoms with E-state index in [1.54, 1.807) is 30.1 Å². The van der Waals surface area contributed by atoms with E-state index in [9.17, 15) is 9.59 Å². The van der Waals surface area contributed by atoms with Crippen molar-refractivity contribution >= 4 is 34.2 Å². The number of rotatable bonds is 4. The van der Waals surface area contributed by atoms with Gasteiger partial charge in [-0.15, -0.1) is 0 Å². The van der Waals surface area contributed by atoms with E-state index in [1.165, 1.54) is 18.7 Å². The van der Waals surface area contributed by atoms with Gasteiger partial charge in [-0.1, -0.05) is 11.8 Å².